The zero-order valence-corrected chi connectivity index (χ0v) is 9.45. The first-order valence-electron chi connectivity index (χ1n) is 5.03. The molecule has 0 aliphatic carbocycles. The number of anilines is 1. The molecule has 1 aromatic carbocycles. The van der Waals surface area contributed by atoms with E-state index in [1.165, 1.54) is 22.5 Å². The quantitative estimate of drug-likeness (QED) is 0.832. The first kappa shape index (κ1) is 11.3. The van der Waals surface area contributed by atoms with Gasteiger partial charge in [0.25, 0.3) is 0 Å². The third-order valence-corrected chi connectivity index (χ3v) is 5.02. The summed E-state index contributed by atoms with van der Waals surface area (Å²) in [7, 11) is -3.41. The van der Waals surface area contributed by atoms with Gasteiger partial charge in [0.15, 0.2) is 0 Å². The van der Waals surface area contributed by atoms with Crippen molar-refractivity contribution in [2.75, 3.05) is 17.4 Å². The molecular weight excluding hydrogens is 231 g/mol. The van der Waals surface area contributed by atoms with Gasteiger partial charge in [-0.05, 0) is 24.6 Å². The second-order valence-corrected chi connectivity index (χ2v) is 5.88. The number of nitrogens with zero attached hydrogens (tertiary/aromatic N) is 1. The highest BCUT2D eigenvalue weighted by molar-refractivity contribution is 7.93. The van der Waals surface area contributed by atoms with Gasteiger partial charge in [0, 0.05) is 13.1 Å². The van der Waals surface area contributed by atoms with Gasteiger partial charge in [0.2, 0.25) is 10.0 Å². The van der Waals surface area contributed by atoms with E-state index >= 15 is 0 Å². The molecule has 1 aliphatic heterocycles. The van der Waals surface area contributed by atoms with Gasteiger partial charge in [0.1, 0.15) is 5.82 Å². The molecule has 1 heterocycles. The van der Waals surface area contributed by atoms with Crippen LogP contribution >= 0.6 is 0 Å². The Balaban J connectivity index is 2.37. The average Bonchev–Trinajstić information content (AvgIpc) is 2.53. The fourth-order valence-corrected chi connectivity index (χ4v) is 3.64. The number of hydrogen-bond acceptors (Lipinski definition) is 3. The second-order valence-electron chi connectivity index (χ2n) is 3.74. The summed E-state index contributed by atoms with van der Waals surface area (Å²) in [4.78, 5) is 0. The van der Waals surface area contributed by atoms with Gasteiger partial charge in [0.05, 0.1) is 10.9 Å². The van der Waals surface area contributed by atoms with Gasteiger partial charge in [-0.25, -0.2) is 12.8 Å². The van der Waals surface area contributed by atoms with Crippen LogP contribution in [0, 0.1) is 5.82 Å². The third kappa shape index (κ3) is 1.78. The molecule has 1 aromatic rings. The molecule has 0 bridgehead atoms. The van der Waals surface area contributed by atoms with Crippen molar-refractivity contribution in [3.63, 3.8) is 0 Å². The number of sulfonamides is 1. The Kier molecular flexibility index (Phi) is 2.86. The van der Waals surface area contributed by atoms with Crippen molar-refractivity contribution in [1.82, 2.24) is 0 Å². The highest BCUT2D eigenvalue weighted by Gasteiger charge is 2.37. The molecule has 1 saturated heterocycles. The van der Waals surface area contributed by atoms with E-state index in [0.717, 1.165) is 0 Å². The van der Waals surface area contributed by atoms with Gasteiger partial charge >= 0.3 is 0 Å². The highest BCUT2D eigenvalue weighted by Crippen LogP contribution is 2.28. The number of benzene rings is 1. The molecule has 88 valence electrons. The molecule has 2 N–H and O–H groups in total. The van der Waals surface area contributed by atoms with E-state index in [1.54, 1.807) is 6.07 Å². The number of hydrogen-bond donors (Lipinski definition) is 1. The zero-order valence-electron chi connectivity index (χ0n) is 8.64. The molecule has 1 aliphatic rings. The van der Waals surface area contributed by atoms with Crippen LogP contribution in [0.4, 0.5) is 10.1 Å². The van der Waals surface area contributed by atoms with Gasteiger partial charge in [-0.15, -0.1) is 0 Å². The lowest BCUT2D eigenvalue weighted by atomic mass is 10.3. The van der Waals surface area contributed by atoms with Crippen LogP contribution in [0.3, 0.4) is 0 Å². The molecule has 0 radical (unpaired) electrons. The number of rotatable bonds is 2. The topological polar surface area (TPSA) is 63.4 Å². The zero-order chi connectivity index (χ0) is 11.8. The summed E-state index contributed by atoms with van der Waals surface area (Å²) in [5.41, 5.74) is 5.77. The lowest BCUT2D eigenvalue weighted by Crippen LogP contribution is -2.33. The average molecular weight is 244 g/mol. The molecule has 6 heteroatoms. The molecule has 2 rings (SSSR count). The Morgan fingerprint density at radius 2 is 2.25 bits per heavy atom. The molecule has 0 spiro atoms. The van der Waals surface area contributed by atoms with Crippen LogP contribution in [0.15, 0.2) is 24.3 Å². The molecule has 0 amide bonds. The predicted molar refractivity (Wildman–Crippen MR) is 60.1 cm³/mol. The van der Waals surface area contributed by atoms with Crippen LogP contribution in [0.25, 0.3) is 0 Å². The maximum absolute atomic E-state index is 13.0. The smallest absolute Gasteiger partial charge is 0.239 e. The lowest BCUT2D eigenvalue weighted by Gasteiger charge is -2.18. The summed E-state index contributed by atoms with van der Waals surface area (Å²) >= 11 is 0. The van der Waals surface area contributed by atoms with Crippen LogP contribution in [0.5, 0.6) is 0 Å². The summed E-state index contributed by atoms with van der Waals surface area (Å²) < 4.78 is 38.2. The van der Waals surface area contributed by atoms with E-state index in [0.29, 0.717) is 18.7 Å². The van der Waals surface area contributed by atoms with E-state index in [-0.39, 0.29) is 6.54 Å². The van der Waals surface area contributed by atoms with Crippen molar-refractivity contribution in [1.29, 1.82) is 0 Å². The van der Waals surface area contributed by atoms with Crippen molar-refractivity contribution in [2.45, 2.75) is 11.7 Å². The van der Waals surface area contributed by atoms with E-state index < -0.39 is 21.1 Å². The highest BCUT2D eigenvalue weighted by atomic mass is 32.2. The maximum Gasteiger partial charge on any atom is 0.239 e. The molecule has 0 aromatic heterocycles. The van der Waals surface area contributed by atoms with Gasteiger partial charge in [-0.1, -0.05) is 6.07 Å². The lowest BCUT2D eigenvalue weighted by molar-refractivity contribution is 0.588. The van der Waals surface area contributed by atoms with Crippen LogP contribution in [0.1, 0.15) is 6.42 Å². The van der Waals surface area contributed by atoms with E-state index in [4.69, 9.17) is 5.73 Å². The third-order valence-electron chi connectivity index (χ3n) is 2.74. The van der Waals surface area contributed by atoms with Crippen molar-refractivity contribution in [3.05, 3.63) is 30.1 Å². The second kappa shape index (κ2) is 4.03. The Labute approximate surface area is 93.9 Å². The van der Waals surface area contributed by atoms with Crippen molar-refractivity contribution >= 4 is 15.7 Å². The molecule has 1 fully saturated rings. The van der Waals surface area contributed by atoms with Crippen LogP contribution in [-0.2, 0) is 10.0 Å². The minimum atomic E-state index is -3.41. The molecule has 0 unspecified atom stereocenters. The Morgan fingerprint density at radius 3 is 2.81 bits per heavy atom. The SMILES string of the molecule is NC[C@@H]1CCN(c2cccc(F)c2)S1(=O)=O. The minimum Gasteiger partial charge on any atom is -0.329 e. The normalized spacial score (nSPS) is 23.6. The monoisotopic (exact) mass is 244 g/mol. The van der Waals surface area contributed by atoms with Crippen molar-refractivity contribution in [2.24, 2.45) is 5.73 Å². The molecule has 0 saturated carbocycles. The number of halogens is 1. The van der Waals surface area contributed by atoms with Gasteiger partial charge in [-0.2, -0.15) is 0 Å². The minimum absolute atomic E-state index is 0.105. The molecule has 16 heavy (non-hydrogen) atoms. The van der Waals surface area contributed by atoms with Crippen molar-refractivity contribution < 1.29 is 12.8 Å². The summed E-state index contributed by atoms with van der Waals surface area (Å²) in [6.07, 6.45) is 0.495. The fourth-order valence-electron chi connectivity index (χ4n) is 1.86. The largest absolute Gasteiger partial charge is 0.329 e. The summed E-state index contributed by atoms with van der Waals surface area (Å²) in [6, 6.07) is 5.58. The van der Waals surface area contributed by atoms with Gasteiger partial charge in [-0.3, -0.25) is 4.31 Å². The van der Waals surface area contributed by atoms with E-state index in [9.17, 15) is 12.8 Å². The summed E-state index contributed by atoms with van der Waals surface area (Å²) in [5.74, 6) is -0.441. The Morgan fingerprint density at radius 1 is 1.50 bits per heavy atom. The molecule has 4 nitrogen and oxygen atoms in total. The van der Waals surface area contributed by atoms with Crippen LogP contribution < -0.4 is 10.0 Å². The molecule has 1 atom stereocenters. The number of nitrogens with two attached hydrogens (primary N) is 1. The Hall–Kier alpha value is -1.14. The van der Waals surface area contributed by atoms with Crippen molar-refractivity contribution in [3.8, 4) is 0 Å². The molecular formula is C10H13FN2O2S. The summed E-state index contributed by atoms with van der Waals surface area (Å²) in [6.45, 7) is 0.474. The van der Waals surface area contributed by atoms with E-state index in [1.807, 2.05) is 0 Å². The summed E-state index contributed by atoms with van der Waals surface area (Å²) in [5, 5.41) is -0.546. The van der Waals surface area contributed by atoms with Crippen LogP contribution in [0.2, 0.25) is 0 Å². The van der Waals surface area contributed by atoms with Gasteiger partial charge < -0.3 is 5.73 Å². The standard InChI is InChI=1S/C10H13FN2O2S/c11-8-2-1-3-9(6-8)13-5-4-10(7-12)16(13,14)15/h1-3,6,10H,4-5,7,12H2/t10-/m0/s1. The van der Waals surface area contributed by atoms with Crippen LogP contribution in [-0.4, -0.2) is 26.8 Å². The van der Waals surface area contributed by atoms with E-state index in [2.05, 4.69) is 0 Å². The first-order valence-corrected chi connectivity index (χ1v) is 6.53. The Bertz CT molecular complexity index is 489. The fraction of sp³-hybridized carbons (Fsp3) is 0.400. The maximum atomic E-state index is 13.0. The predicted octanol–water partition coefficient (Wildman–Crippen LogP) is 0.693. The first-order chi connectivity index (χ1) is 7.55.